The van der Waals surface area contributed by atoms with E-state index in [1.54, 1.807) is 18.3 Å². The molecule has 1 aliphatic rings. The molecule has 6 nitrogen and oxygen atoms in total. The lowest BCUT2D eigenvalue weighted by Crippen LogP contribution is -2.48. The van der Waals surface area contributed by atoms with E-state index in [9.17, 15) is 18.3 Å². The third-order valence-corrected chi connectivity index (χ3v) is 6.71. The van der Waals surface area contributed by atoms with Crippen LogP contribution in [0.3, 0.4) is 0 Å². The van der Waals surface area contributed by atoms with E-state index in [1.807, 2.05) is 23.1 Å². The number of hydrogen-bond acceptors (Lipinski definition) is 6. The zero-order valence-corrected chi connectivity index (χ0v) is 20.4. The van der Waals surface area contributed by atoms with E-state index in [4.69, 9.17) is 16.3 Å². The Morgan fingerprint density at radius 2 is 1.89 bits per heavy atom. The maximum absolute atomic E-state index is 14.4. The molecule has 0 amide bonds. The van der Waals surface area contributed by atoms with Crippen LogP contribution in [0.5, 0.6) is 0 Å². The second-order valence-corrected chi connectivity index (χ2v) is 9.11. The van der Waals surface area contributed by atoms with Crippen LogP contribution in [0, 0.1) is 5.82 Å². The van der Waals surface area contributed by atoms with Crippen molar-refractivity contribution in [1.29, 1.82) is 0 Å². The minimum Gasteiger partial charge on any atom is -0.394 e. The molecule has 192 valence electrons. The number of aromatic nitrogens is 2. The molecular weight excluding hydrogens is 505 g/mol. The fourth-order valence-corrected chi connectivity index (χ4v) is 4.69. The molecule has 4 aromatic rings. The topological polar surface area (TPSA) is 70.5 Å². The summed E-state index contributed by atoms with van der Waals surface area (Å²) in [5.41, 5.74) is 2.20. The summed E-state index contributed by atoms with van der Waals surface area (Å²) in [5, 5.41) is 13.1. The van der Waals surface area contributed by atoms with E-state index >= 15 is 0 Å². The van der Waals surface area contributed by atoms with Crippen molar-refractivity contribution in [2.45, 2.75) is 18.5 Å². The molecule has 2 atom stereocenters. The molecule has 0 saturated carbocycles. The molecule has 1 aliphatic heterocycles. The molecule has 2 N–H and O–H groups in total. The number of aliphatic hydroxyl groups is 1. The number of hydrogen-bond donors (Lipinski definition) is 2. The van der Waals surface area contributed by atoms with Gasteiger partial charge in [0.2, 0.25) is 0 Å². The van der Waals surface area contributed by atoms with Gasteiger partial charge in [-0.15, -0.1) is 0 Å². The predicted octanol–water partition coefficient (Wildman–Crippen LogP) is 5.71. The lowest BCUT2D eigenvalue weighted by molar-refractivity contribution is 0.0723. The van der Waals surface area contributed by atoms with Gasteiger partial charge in [-0.05, 0) is 35.9 Å². The van der Waals surface area contributed by atoms with Crippen LogP contribution < -0.4 is 10.2 Å². The highest BCUT2D eigenvalue weighted by molar-refractivity contribution is 6.34. The highest BCUT2D eigenvalue weighted by Crippen LogP contribution is 2.37. The number of pyridine rings is 2. The molecule has 3 heterocycles. The first-order valence-electron chi connectivity index (χ1n) is 11.8. The molecule has 0 aliphatic carbocycles. The van der Waals surface area contributed by atoms with Gasteiger partial charge in [0.15, 0.2) is 0 Å². The predicted molar refractivity (Wildman–Crippen MR) is 138 cm³/mol. The number of alkyl halides is 2. The number of ether oxygens (including phenoxy) is 1. The van der Waals surface area contributed by atoms with Gasteiger partial charge >= 0.3 is 0 Å². The maximum atomic E-state index is 14.4. The number of benzene rings is 2. The van der Waals surface area contributed by atoms with Gasteiger partial charge in [0, 0.05) is 35.5 Å². The minimum atomic E-state index is -2.89. The standard InChI is InChI=1S/C27H24ClF3N4O2/c28-21-13-32-23-7-5-16(17-6-8-24(33-12-17)35-9-10-37-15-18(35)14-36)11-20(23)25(21)34-26(27(30)31)19-3-1-2-4-22(19)29/h1-8,11-13,18,26-27,36H,9-10,14-15H2,(H,32,34)/t18-,26+/m1/s1. The average molecular weight is 529 g/mol. The van der Waals surface area contributed by atoms with Crippen LogP contribution in [-0.4, -0.2) is 53.9 Å². The Labute approximate surface area is 216 Å². The van der Waals surface area contributed by atoms with Crippen molar-refractivity contribution in [2.24, 2.45) is 0 Å². The summed E-state index contributed by atoms with van der Waals surface area (Å²) in [6.07, 6.45) is 0.206. The first-order chi connectivity index (χ1) is 18.0. The highest BCUT2D eigenvalue weighted by atomic mass is 35.5. The van der Waals surface area contributed by atoms with Gasteiger partial charge in [-0.2, -0.15) is 0 Å². The third-order valence-electron chi connectivity index (χ3n) is 6.43. The van der Waals surface area contributed by atoms with E-state index in [1.165, 1.54) is 24.4 Å². The quantitative estimate of drug-likeness (QED) is 0.320. The van der Waals surface area contributed by atoms with Crippen LogP contribution in [0.25, 0.3) is 22.0 Å². The Morgan fingerprint density at radius 1 is 1.08 bits per heavy atom. The van der Waals surface area contributed by atoms with E-state index in [0.717, 1.165) is 23.0 Å². The van der Waals surface area contributed by atoms with Crippen LogP contribution in [0.1, 0.15) is 11.6 Å². The summed E-state index contributed by atoms with van der Waals surface area (Å²) < 4.78 is 47.9. The van der Waals surface area contributed by atoms with Gasteiger partial charge in [-0.25, -0.2) is 18.2 Å². The molecule has 0 radical (unpaired) electrons. The minimum absolute atomic E-state index is 0.0376. The zero-order valence-electron chi connectivity index (χ0n) is 19.6. The molecule has 5 rings (SSSR count). The van der Waals surface area contributed by atoms with Crippen molar-refractivity contribution < 1.29 is 23.0 Å². The molecular formula is C27H24ClF3N4O2. The second kappa shape index (κ2) is 10.9. The van der Waals surface area contributed by atoms with Crippen LogP contribution in [-0.2, 0) is 4.74 Å². The Hall–Kier alpha value is -3.40. The van der Waals surface area contributed by atoms with Gasteiger partial charge in [0.25, 0.3) is 6.43 Å². The number of fused-ring (bicyclic) bond motifs is 1. The molecule has 2 aromatic heterocycles. The fourth-order valence-electron chi connectivity index (χ4n) is 4.49. The molecule has 0 bridgehead atoms. The molecule has 2 aromatic carbocycles. The van der Waals surface area contributed by atoms with Crippen molar-refractivity contribution in [3.8, 4) is 11.1 Å². The SMILES string of the molecule is OC[C@@H]1COCCN1c1ccc(-c2ccc3ncc(Cl)c(N[C@@H](c4ccccc4F)C(F)F)c3c2)cn1. The zero-order chi connectivity index (χ0) is 25.9. The normalized spacial score (nSPS) is 16.8. The summed E-state index contributed by atoms with van der Waals surface area (Å²) in [6.45, 7) is 1.57. The molecule has 1 fully saturated rings. The number of rotatable bonds is 7. The summed E-state index contributed by atoms with van der Waals surface area (Å²) in [4.78, 5) is 10.9. The molecule has 0 spiro atoms. The van der Waals surface area contributed by atoms with E-state index < -0.39 is 18.3 Å². The monoisotopic (exact) mass is 528 g/mol. The molecule has 37 heavy (non-hydrogen) atoms. The summed E-state index contributed by atoms with van der Waals surface area (Å²) in [6, 6.07) is 12.9. The summed E-state index contributed by atoms with van der Waals surface area (Å²) in [5.74, 6) is -0.00559. The van der Waals surface area contributed by atoms with E-state index in [0.29, 0.717) is 30.7 Å². The molecule has 1 saturated heterocycles. The van der Waals surface area contributed by atoms with Gasteiger partial charge in [-0.3, -0.25) is 4.98 Å². The van der Waals surface area contributed by atoms with Gasteiger partial charge < -0.3 is 20.1 Å². The number of halogens is 4. The average Bonchev–Trinajstić information content (AvgIpc) is 2.93. The van der Waals surface area contributed by atoms with E-state index in [2.05, 4.69) is 15.3 Å². The smallest absolute Gasteiger partial charge is 0.262 e. The highest BCUT2D eigenvalue weighted by Gasteiger charge is 2.27. The van der Waals surface area contributed by atoms with Crippen LogP contribution in [0.15, 0.2) is 67.0 Å². The van der Waals surface area contributed by atoms with Crippen LogP contribution >= 0.6 is 11.6 Å². The molecule has 0 unspecified atom stereocenters. The lowest BCUT2D eigenvalue weighted by Gasteiger charge is -2.35. The lowest BCUT2D eigenvalue weighted by atomic mass is 10.0. The van der Waals surface area contributed by atoms with Crippen LogP contribution in [0.2, 0.25) is 5.02 Å². The van der Waals surface area contributed by atoms with Crippen molar-refractivity contribution in [2.75, 3.05) is 36.6 Å². The van der Waals surface area contributed by atoms with Crippen LogP contribution in [0.4, 0.5) is 24.7 Å². The first-order valence-corrected chi connectivity index (χ1v) is 12.1. The number of nitrogens with zero attached hydrogens (tertiary/aromatic N) is 3. The van der Waals surface area contributed by atoms with Crippen molar-refractivity contribution in [1.82, 2.24) is 9.97 Å². The number of morpholine rings is 1. The summed E-state index contributed by atoms with van der Waals surface area (Å²) in [7, 11) is 0. The van der Waals surface area contributed by atoms with Crippen molar-refractivity contribution in [3.63, 3.8) is 0 Å². The third kappa shape index (κ3) is 5.20. The van der Waals surface area contributed by atoms with Gasteiger partial charge in [-0.1, -0.05) is 35.9 Å². The largest absolute Gasteiger partial charge is 0.394 e. The fraction of sp³-hybridized carbons (Fsp3) is 0.259. The molecule has 10 heteroatoms. The first kappa shape index (κ1) is 25.3. The van der Waals surface area contributed by atoms with Crippen molar-refractivity contribution >= 4 is 34.0 Å². The number of aliphatic hydroxyl groups excluding tert-OH is 1. The number of anilines is 2. The van der Waals surface area contributed by atoms with E-state index in [-0.39, 0.29) is 28.9 Å². The number of nitrogens with one attached hydrogen (secondary N) is 1. The Bertz CT molecular complexity index is 1390. The second-order valence-electron chi connectivity index (χ2n) is 8.70. The summed E-state index contributed by atoms with van der Waals surface area (Å²) >= 11 is 6.40. The Morgan fingerprint density at radius 3 is 2.62 bits per heavy atom. The van der Waals surface area contributed by atoms with Gasteiger partial charge in [0.05, 0.1) is 42.1 Å². The van der Waals surface area contributed by atoms with Crippen molar-refractivity contribution in [3.05, 3.63) is 83.4 Å². The Balaban J connectivity index is 1.50. The Kier molecular flexibility index (Phi) is 7.45. The maximum Gasteiger partial charge on any atom is 0.262 e. The van der Waals surface area contributed by atoms with Gasteiger partial charge in [0.1, 0.15) is 17.7 Å².